The van der Waals surface area contributed by atoms with Crippen molar-refractivity contribution in [3.63, 3.8) is 0 Å². The summed E-state index contributed by atoms with van der Waals surface area (Å²) in [5.74, 6) is 0.188. The second-order valence-electron chi connectivity index (χ2n) is 8.28. The van der Waals surface area contributed by atoms with Crippen LogP contribution in [0.2, 0.25) is 5.02 Å². The van der Waals surface area contributed by atoms with Crippen LogP contribution < -0.4 is 14.8 Å². The molecule has 1 amide bonds. The molecule has 4 rings (SSSR count). The van der Waals surface area contributed by atoms with Crippen molar-refractivity contribution in [2.24, 2.45) is 0 Å². The Labute approximate surface area is 209 Å². The number of amides is 1. The first-order chi connectivity index (χ1) is 16.6. The number of nitrogens with one attached hydrogen (secondary N) is 2. The standard InChI is InChI=1S/C27H25ClN2O4S/c1-17-15-22(16-18(2)26(17)28)34-19(3)27(31)29-21-11-13-23(14-12-21)35(32,33)30-25-10-6-8-20-7-4-5-9-24(20)25/h4-16,19,30H,1-3H3,(H,29,31)/t19-/m1/s1. The van der Waals surface area contributed by atoms with Crippen LogP contribution in [0, 0.1) is 13.8 Å². The second-order valence-corrected chi connectivity index (χ2v) is 10.3. The maximum atomic E-state index is 12.9. The molecular weight excluding hydrogens is 484 g/mol. The zero-order valence-corrected chi connectivity index (χ0v) is 21.1. The van der Waals surface area contributed by atoms with E-state index < -0.39 is 16.1 Å². The Morgan fingerprint density at radius 1 is 0.914 bits per heavy atom. The van der Waals surface area contributed by atoms with Crippen molar-refractivity contribution < 1.29 is 17.9 Å². The number of aryl methyl sites for hydroxylation is 2. The minimum atomic E-state index is -3.82. The normalized spacial score (nSPS) is 12.2. The van der Waals surface area contributed by atoms with Gasteiger partial charge in [0.15, 0.2) is 6.10 Å². The van der Waals surface area contributed by atoms with Crippen molar-refractivity contribution >= 4 is 49.7 Å². The molecule has 2 N–H and O–H groups in total. The first-order valence-corrected chi connectivity index (χ1v) is 12.8. The number of hydrogen-bond acceptors (Lipinski definition) is 4. The van der Waals surface area contributed by atoms with E-state index in [0.717, 1.165) is 21.9 Å². The number of sulfonamides is 1. The van der Waals surface area contributed by atoms with Crippen LogP contribution in [0.1, 0.15) is 18.1 Å². The molecular formula is C27H25ClN2O4S. The summed E-state index contributed by atoms with van der Waals surface area (Å²) >= 11 is 6.19. The Bertz CT molecular complexity index is 1470. The predicted molar refractivity (Wildman–Crippen MR) is 141 cm³/mol. The van der Waals surface area contributed by atoms with Crippen LogP contribution in [0.3, 0.4) is 0 Å². The zero-order valence-electron chi connectivity index (χ0n) is 19.5. The smallest absolute Gasteiger partial charge is 0.265 e. The fourth-order valence-corrected chi connectivity index (χ4v) is 4.90. The average molecular weight is 509 g/mol. The predicted octanol–water partition coefficient (Wildman–Crippen LogP) is 6.32. The van der Waals surface area contributed by atoms with Gasteiger partial charge in [-0.15, -0.1) is 0 Å². The number of benzene rings is 4. The highest BCUT2D eigenvalue weighted by molar-refractivity contribution is 7.92. The quantitative estimate of drug-likeness (QED) is 0.306. The number of fused-ring (bicyclic) bond motifs is 1. The highest BCUT2D eigenvalue weighted by Crippen LogP contribution is 2.28. The monoisotopic (exact) mass is 508 g/mol. The van der Waals surface area contributed by atoms with Gasteiger partial charge >= 0.3 is 0 Å². The summed E-state index contributed by atoms with van der Waals surface area (Å²) in [6.07, 6.45) is -0.772. The van der Waals surface area contributed by atoms with Gasteiger partial charge in [-0.25, -0.2) is 8.42 Å². The van der Waals surface area contributed by atoms with E-state index in [-0.39, 0.29) is 10.8 Å². The fourth-order valence-electron chi connectivity index (χ4n) is 3.71. The second kappa shape index (κ2) is 9.98. The van der Waals surface area contributed by atoms with Gasteiger partial charge in [0.2, 0.25) is 0 Å². The molecule has 0 radical (unpaired) electrons. The van der Waals surface area contributed by atoms with Crippen LogP contribution in [0.15, 0.2) is 83.8 Å². The number of rotatable bonds is 7. The number of halogens is 1. The number of hydrogen-bond donors (Lipinski definition) is 2. The van der Waals surface area contributed by atoms with Crippen molar-refractivity contribution in [2.45, 2.75) is 31.8 Å². The zero-order chi connectivity index (χ0) is 25.2. The van der Waals surface area contributed by atoms with Crippen LogP contribution in [0.5, 0.6) is 5.75 Å². The Kier molecular flexibility index (Phi) is 7.00. The topological polar surface area (TPSA) is 84.5 Å². The number of carbonyl (C=O) groups is 1. The molecule has 0 heterocycles. The summed E-state index contributed by atoms with van der Waals surface area (Å²) < 4.78 is 34.3. The molecule has 180 valence electrons. The third kappa shape index (κ3) is 5.58. The number of anilines is 2. The van der Waals surface area contributed by atoms with E-state index in [1.165, 1.54) is 12.1 Å². The molecule has 0 spiro atoms. The van der Waals surface area contributed by atoms with Gasteiger partial charge < -0.3 is 10.1 Å². The first kappa shape index (κ1) is 24.6. The maximum absolute atomic E-state index is 12.9. The molecule has 0 saturated heterocycles. The molecule has 0 aliphatic rings. The third-order valence-corrected chi connectivity index (χ3v) is 7.54. The SMILES string of the molecule is Cc1cc(O[C@H](C)C(=O)Nc2ccc(S(=O)(=O)Nc3cccc4ccccc34)cc2)cc(C)c1Cl. The summed E-state index contributed by atoms with van der Waals surface area (Å²) in [5.41, 5.74) is 2.68. The minimum Gasteiger partial charge on any atom is -0.481 e. The molecule has 4 aromatic rings. The largest absolute Gasteiger partial charge is 0.481 e. The lowest BCUT2D eigenvalue weighted by molar-refractivity contribution is -0.122. The van der Waals surface area contributed by atoms with E-state index in [0.29, 0.717) is 22.1 Å². The Morgan fingerprint density at radius 2 is 1.54 bits per heavy atom. The van der Waals surface area contributed by atoms with Gasteiger partial charge in [-0.1, -0.05) is 48.0 Å². The van der Waals surface area contributed by atoms with Gasteiger partial charge in [-0.3, -0.25) is 9.52 Å². The van der Waals surface area contributed by atoms with Crippen molar-refractivity contribution in [3.05, 3.63) is 95.0 Å². The summed E-state index contributed by atoms with van der Waals surface area (Å²) in [7, 11) is -3.82. The van der Waals surface area contributed by atoms with Gasteiger partial charge in [0.25, 0.3) is 15.9 Å². The molecule has 0 aliphatic heterocycles. The van der Waals surface area contributed by atoms with Gasteiger partial charge in [-0.2, -0.15) is 0 Å². The summed E-state index contributed by atoms with van der Waals surface area (Å²) in [5, 5.41) is 5.16. The molecule has 4 aromatic carbocycles. The highest BCUT2D eigenvalue weighted by Gasteiger charge is 2.18. The lowest BCUT2D eigenvalue weighted by Gasteiger charge is -2.16. The van der Waals surface area contributed by atoms with E-state index in [2.05, 4.69) is 10.0 Å². The van der Waals surface area contributed by atoms with Crippen LogP contribution in [0.4, 0.5) is 11.4 Å². The van der Waals surface area contributed by atoms with E-state index >= 15 is 0 Å². The molecule has 6 nitrogen and oxygen atoms in total. The van der Waals surface area contributed by atoms with Crippen molar-refractivity contribution in [2.75, 3.05) is 10.0 Å². The van der Waals surface area contributed by atoms with Crippen LogP contribution >= 0.6 is 11.6 Å². The van der Waals surface area contributed by atoms with Crippen LogP contribution in [-0.4, -0.2) is 20.4 Å². The number of carbonyl (C=O) groups excluding carboxylic acids is 1. The van der Waals surface area contributed by atoms with Crippen LogP contribution in [-0.2, 0) is 14.8 Å². The highest BCUT2D eigenvalue weighted by atomic mass is 35.5. The Balaban J connectivity index is 1.44. The Hall–Kier alpha value is -3.55. The molecule has 0 unspecified atom stereocenters. The van der Waals surface area contributed by atoms with Crippen molar-refractivity contribution in [1.29, 1.82) is 0 Å². The molecule has 8 heteroatoms. The van der Waals surface area contributed by atoms with Gasteiger partial charge in [0.1, 0.15) is 5.75 Å². The Morgan fingerprint density at radius 3 is 2.23 bits per heavy atom. The fraction of sp³-hybridized carbons (Fsp3) is 0.148. The molecule has 35 heavy (non-hydrogen) atoms. The summed E-state index contributed by atoms with van der Waals surface area (Å²) in [6, 6.07) is 22.5. The summed E-state index contributed by atoms with van der Waals surface area (Å²) in [4.78, 5) is 12.7. The lowest BCUT2D eigenvalue weighted by Crippen LogP contribution is -2.30. The maximum Gasteiger partial charge on any atom is 0.265 e. The van der Waals surface area contributed by atoms with Crippen molar-refractivity contribution in [3.8, 4) is 5.75 Å². The van der Waals surface area contributed by atoms with E-state index in [9.17, 15) is 13.2 Å². The minimum absolute atomic E-state index is 0.0832. The third-order valence-electron chi connectivity index (χ3n) is 5.56. The van der Waals surface area contributed by atoms with E-state index in [4.69, 9.17) is 16.3 Å². The molecule has 0 aromatic heterocycles. The molecule has 0 fully saturated rings. The molecule has 1 atom stereocenters. The van der Waals surface area contributed by atoms with Gasteiger partial charge in [0, 0.05) is 16.1 Å². The summed E-state index contributed by atoms with van der Waals surface area (Å²) in [6.45, 7) is 5.39. The van der Waals surface area contributed by atoms with Crippen LogP contribution in [0.25, 0.3) is 10.8 Å². The molecule has 0 aliphatic carbocycles. The molecule has 0 bridgehead atoms. The first-order valence-electron chi connectivity index (χ1n) is 11.0. The van der Waals surface area contributed by atoms with E-state index in [1.54, 1.807) is 43.3 Å². The van der Waals surface area contributed by atoms with E-state index in [1.807, 2.05) is 44.2 Å². The van der Waals surface area contributed by atoms with Crippen molar-refractivity contribution in [1.82, 2.24) is 0 Å². The van der Waals surface area contributed by atoms with Gasteiger partial charge in [-0.05, 0) is 79.7 Å². The number of ether oxygens (including phenoxy) is 1. The average Bonchev–Trinajstić information content (AvgIpc) is 2.83. The van der Waals surface area contributed by atoms with Gasteiger partial charge in [0.05, 0.1) is 10.6 Å². The molecule has 0 saturated carbocycles. The lowest BCUT2D eigenvalue weighted by atomic mass is 10.1.